The first-order valence-electron chi connectivity index (χ1n) is 8.90. The smallest absolute Gasteiger partial charge is 0.277 e. The van der Waals surface area contributed by atoms with Crippen LogP contribution in [0.3, 0.4) is 0 Å². The van der Waals surface area contributed by atoms with Crippen molar-refractivity contribution in [1.82, 2.24) is 0 Å². The van der Waals surface area contributed by atoms with Gasteiger partial charge in [-0.25, -0.2) is 0 Å². The average Bonchev–Trinajstić information content (AvgIpc) is 2.74. The van der Waals surface area contributed by atoms with Crippen LogP contribution in [0.1, 0.15) is 11.1 Å². The number of ether oxygens (including phenoxy) is 4. The first-order valence-corrected chi connectivity index (χ1v) is 9.66. The van der Waals surface area contributed by atoms with Crippen LogP contribution in [-0.4, -0.2) is 47.8 Å². The Morgan fingerprint density at radius 1 is 0.893 bits per heavy atom. The molecule has 2 aliphatic heterocycles. The molecule has 0 aliphatic carbocycles. The molecule has 4 rings (SSSR count). The van der Waals surface area contributed by atoms with Gasteiger partial charge in [0.25, 0.3) is 10.5 Å². The van der Waals surface area contributed by atoms with Crippen LogP contribution in [0.4, 0.5) is 0 Å². The van der Waals surface area contributed by atoms with E-state index >= 15 is 0 Å². The van der Waals surface area contributed by atoms with E-state index in [1.165, 1.54) is 0 Å². The molecule has 0 spiro atoms. The third-order valence-electron chi connectivity index (χ3n) is 4.81. The summed E-state index contributed by atoms with van der Waals surface area (Å²) in [6.45, 7) is -0.483. The highest BCUT2D eigenvalue weighted by Crippen LogP contribution is 2.47. The maximum atomic E-state index is 10.4. The molecule has 2 N–H and O–H groups in total. The van der Waals surface area contributed by atoms with E-state index in [1.807, 2.05) is 24.3 Å². The molecule has 0 amide bonds. The Labute approximate surface area is 172 Å². The first-order chi connectivity index (χ1) is 13.5. The SMILES string of the molecule is OC[C@H](O)[C@H]1OC(Cl)(c2ccccc2)O[C@@H]2COC(Cl)(c3ccccc3)O[C@@H]12. The lowest BCUT2D eigenvalue weighted by molar-refractivity contribution is -0.399. The van der Waals surface area contributed by atoms with Crippen LogP contribution in [0.5, 0.6) is 0 Å². The van der Waals surface area contributed by atoms with Crippen LogP contribution in [0, 0.1) is 0 Å². The highest BCUT2D eigenvalue weighted by atomic mass is 35.5. The Morgan fingerprint density at radius 2 is 1.46 bits per heavy atom. The average molecular weight is 427 g/mol. The molecule has 2 aromatic rings. The minimum Gasteiger partial charge on any atom is -0.394 e. The van der Waals surface area contributed by atoms with Gasteiger partial charge < -0.3 is 29.2 Å². The molecular weight excluding hydrogens is 407 g/mol. The molecule has 2 fully saturated rings. The van der Waals surface area contributed by atoms with Crippen LogP contribution in [0.15, 0.2) is 60.7 Å². The monoisotopic (exact) mass is 426 g/mol. The van der Waals surface area contributed by atoms with E-state index in [1.54, 1.807) is 36.4 Å². The Bertz CT molecular complexity index is 792. The fraction of sp³-hybridized carbons (Fsp3) is 0.400. The molecule has 2 saturated heterocycles. The van der Waals surface area contributed by atoms with Gasteiger partial charge >= 0.3 is 0 Å². The number of hydrogen-bond donors (Lipinski definition) is 2. The van der Waals surface area contributed by atoms with Gasteiger partial charge in [0.15, 0.2) is 0 Å². The molecule has 8 heteroatoms. The maximum absolute atomic E-state index is 10.4. The Balaban J connectivity index is 1.65. The van der Waals surface area contributed by atoms with Crippen molar-refractivity contribution in [2.75, 3.05) is 13.2 Å². The number of aliphatic hydroxyl groups excluding tert-OH is 2. The number of hydrogen-bond acceptors (Lipinski definition) is 6. The number of rotatable bonds is 4. The van der Waals surface area contributed by atoms with Gasteiger partial charge in [-0.1, -0.05) is 83.9 Å². The summed E-state index contributed by atoms with van der Waals surface area (Å²) in [7, 11) is 0. The quantitative estimate of drug-likeness (QED) is 0.731. The predicted octanol–water partition coefficient (Wildman–Crippen LogP) is 2.64. The molecule has 2 unspecified atom stereocenters. The van der Waals surface area contributed by atoms with Crippen LogP contribution in [-0.2, 0) is 29.4 Å². The van der Waals surface area contributed by atoms with E-state index in [9.17, 15) is 10.2 Å². The van der Waals surface area contributed by atoms with Crippen LogP contribution in [0.2, 0.25) is 0 Å². The number of halogens is 2. The summed E-state index contributed by atoms with van der Waals surface area (Å²) < 4.78 is 23.6. The zero-order valence-corrected chi connectivity index (χ0v) is 16.3. The topological polar surface area (TPSA) is 77.4 Å². The number of benzene rings is 2. The van der Waals surface area contributed by atoms with Crippen molar-refractivity contribution >= 4 is 23.2 Å². The predicted molar refractivity (Wildman–Crippen MR) is 102 cm³/mol. The zero-order chi connectivity index (χ0) is 19.8. The lowest BCUT2D eigenvalue weighted by Crippen LogP contribution is -2.64. The molecule has 2 aliphatic rings. The standard InChI is InChI=1S/C20H20Cl2O6/c21-19(13-7-3-1-4-8-13)25-12-16-18(28-19)17(15(24)11-23)27-20(22,26-16)14-9-5-2-6-10-14/h1-10,15-18,23-24H,11-12H2/t15-,16+,17+,18+,19?,20?/m0/s1. The van der Waals surface area contributed by atoms with E-state index in [-0.39, 0.29) is 6.61 Å². The van der Waals surface area contributed by atoms with E-state index in [0.717, 1.165) is 0 Å². The molecule has 0 bridgehead atoms. The van der Waals surface area contributed by atoms with Gasteiger partial charge in [0.05, 0.1) is 13.2 Å². The lowest BCUT2D eigenvalue weighted by atomic mass is 9.99. The van der Waals surface area contributed by atoms with Crippen molar-refractivity contribution in [1.29, 1.82) is 0 Å². The summed E-state index contributed by atoms with van der Waals surface area (Å²) in [5.41, 5.74) is 1.15. The fourth-order valence-electron chi connectivity index (χ4n) is 3.38. The summed E-state index contributed by atoms with van der Waals surface area (Å²) >= 11 is 13.2. The second-order valence-electron chi connectivity index (χ2n) is 6.69. The molecule has 6 nitrogen and oxygen atoms in total. The van der Waals surface area contributed by atoms with Crippen molar-refractivity contribution in [3.8, 4) is 0 Å². The van der Waals surface area contributed by atoms with Crippen LogP contribution < -0.4 is 0 Å². The molecular formula is C20H20Cl2O6. The third-order valence-corrected chi connectivity index (χ3v) is 5.62. The lowest BCUT2D eigenvalue weighted by Gasteiger charge is -2.51. The van der Waals surface area contributed by atoms with Gasteiger partial charge in [-0.3, -0.25) is 0 Å². The van der Waals surface area contributed by atoms with Crippen molar-refractivity contribution < 1.29 is 29.2 Å². The van der Waals surface area contributed by atoms with Crippen molar-refractivity contribution in [2.45, 2.75) is 34.9 Å². The zero-order valence-electron chi connectivity index (χ0n) is 14.8. The van der Waals surface area contributed by atoms with Crippen molar-refractivity contribution in [2.24, 2.45) is 0 Å². The summed E-state index contributed by atoms with van der Waals surface area (Å²) in [4.78, 5) is 0. The van der Waals surface area contributed by atoms with E-state index in [4.69, 9.17) is 42.1 Å². The van der Waals surface area contributed by atoms with Gasteiger partial charge in [-0.15, -0.1) is 0 Å². The Hall–Kier alpha value is -1.22. The number of fused-ring (bicyclic) bond motifs is 1. The molecule has 2 heterocycles. The highest BCUT2D eigenvalue weighted by Gasteiger charge is 2.56. The maximum Gasteiger partial charge on any atom is 0.277 e. The van der Waals surface area contributed by atoms with E-state index in [0.29, 0.717) is 11.1 Å². The normalized spacial score (nSPS) is 36.5. The molecule has 150 valence electrons. The van der Waals surface area contributed by atoms with E-state index < -0.39 is 41.5 Å². The van der Waals surface area contributed by atoms with Gasteiger partial charge in [-0.2, -0.15) is 0 Å². The van der Waals surface area contributed by atoms with Gasteiger partial charge in [0.1, 0.15) is 24.4 Å². The highest BCUT2D eigenvalue weighted by molar-refractivity contribution is 6.22. The molecule has 2 aromatic carbocycles. The second-order valence-corrected chi connectivity index (χ2v) is 7.68. The number of aliphatic hydroxyl groups is 2. The summed E-state index contributed by atoms with van der Waals surface area (Å²) in [5.74, 6) is 0. The van der Waals surface area contributed by atoms with Crippen molar-refractivity contribution in [3.63, 3.8) is 0 Å². The molecule has 28 heavy (non-hydrogen) atoms. The molecule has 0 radical (unpaired) electrons. The van der Waals surface area contributed by atoms with Crippen LogP contribution in [0.25, 0.3) is 0 Å². The Morgan fingerprint density at radius 3 is 2.04 bits per heavy atom. The summed E-state index contributed by atoms with van der Waals surface area (Å²) in [6, 6.07) is 17.9. The molecule has 0 saturated carbocycles. The second kappa shape index (κ2) is 7.89. The van der Waals surface area contributed by atoms with Gasteiger partial charge in [0.2, 0.25) is 0 Å². The van der Waals surface area contributed by atoms with Gasteiger partial charge in [-0.05, 0) is 0 Å². The summed E-state index contributed by atoms with van der Waals surface area (Å²) in [6.07, 6.45) is -3.74. The molecule has 0 aromatic heterocycles. The van der Waals surface area contributed by atoms with E-state index in [2.05, 4.69) is 0 Å². The minimum atomic E-state index is -1.66. The Kier molecular flexibility index (Phi) is 5.66. The van der Waals surface area contributed by atoms with Crippen LogP contribution >= 0.6 is 23.2 Å². The third kappa shape index (κ3) is 3.67. The molecule has 6 atom stereocenters. The van der Waals surface area contributed by atoms with Gasteiger partial charge in [0, 0.05) is 11.1 Å². The number of alkyl halides is 2. The van der Waals surface area contributed by atoms with Crippen molar-refractivity contribution in [3.05, 3.63) is 71.8 Å². The fourth-order valence-corrected chi connectivity index (χ4v) is 4.01. The summed E-state index contributed by atoms with van der Waals surface area (Å²) in [5, 5.41) is 16.7. The largest absolute Gasteiger partial charge is 0.394 e. The first kappa shape index (κ1) is 20.1. The minimum absolute atomic E-state index is 0.0579.